The van der Waals surface area contributed by atoms with Crippen LogP contribution < -0.4 is 9.47 Å². The number of rotatable bonds is 4. The molecule has 2 atom stereocenters. The van der Waals surface area contributed by atoms with Crippen molar-refractivity contribution < 1.29 is 23.8 Å². The molecular formula is C19H22ClNO5. The van der Waals surface area contributed by atoms with Crippen molar-refractivity contribution in [2.45, 2.75) is 45.2 Å². The summed E-state index contributed by atoms with van der Waals surface area (Å²) in [7, 11) is 0. The number of carbonyl (C=O) groups is 2. The van der Waals surface area contributed by atoms with Crippen LogP contribution in [0.15, 0.2) is 18.2 Å². The van der Waals surface area contributed by atoms with Gasteiger partial charge in [-0.3, -0.25) is 4.79 Å². The highest BCUT2D eigenvalue weighted by Gasteiger charge is 2.29. The van der Waals surface area contributed by atoms with Gasteiger partial charge in [-0.15, -0.1) is 0 Å². The average molecular weight is 380 g/mol. The van der Waals surface area contributed by atoms with E-state index in [1.165, 1.54) is 6.08 Å². The Labute approximate surface area is 157 Å². The van der Waals surface area contributed by atoms with E-state index >= 15 is 0 Å². The van der Waals surface area contributed by atoms with Gasteiger partial charge in [-0.1, -0.05) is 11.6 Å². The lowest BCUT2D eigenvalue weighted by Crippen LogP contribution is -2.49. The van der Waals surface area contributed by atoms with Crippen molar-refractivity contribution in [2.24, 2.45) is 0 Å². The smallest absolute Gasteiger partial charge is 0.331 e. The fourth-order valence-corrected chi connectivity index (χ4v) is 3.69. The van der Waals surface area contributed by atoms with Crippen LogP contribution in [0.5, 0.6) is 11.5 Å². The van der Waals surface area contributed by atoms with Crippen LogP contribution in [0.3, 0.4) is 0 Å². The SMILES string of the molecule is C[C@@H]1CCC[C@H](C)N1C(=O)COC(=O)/C=C/c1cc(Cl)c2c(c1)OCO2. The zero-order chi connectivity index (χ0) is 18.7. The van der Waals surface area contributed by atoms with E-state index in [2.05, 4.69) is 0 Å². The van der Waals surface area contributed by atoms with Gasteiger partial charge in [0.2, 0.25) is 6.79 Å². The van der Waals surface area contributed by atoms with Crippen molar-refractivity contribution in [3.8, 4) is 11.5 Å². The van der Waals surface area contributed by atoms with E-state index in [1.54, 1.807) is 18.2 Å². The molecule has 7 heteroatoms. The summed E-state index contributed by atoms with van der Waals surface area (Å²) in [4.78, 5) is 26.1. The number of esters is 1. The van der Waals surface area contributed by atoms with Crippen LogP contribution in [-0.2, 0) is 14.3 Å². The quantitative estimate of drug-likeness (QED) is 0.592. The third-order valence-corrected chi connectivity index (χ3v) is 4.96. The second-order valence-electron chi connectivity index (χ2n) is 6.61. The van der Waals surface area contributed by atoms with Crippen LogP contribution in [0.1, 0.15) is 38.7 Å². The number of halogens is 1. The lowest BCUT2D eigenvalue weighted by molar-refractivity contribution is -0.151. The van der Waals surface area contributed by atoms with Crippen molar-refractivity contribution in [2.75, 3.05) is 13.4 Å². The lowest BCUT2D eigenvalue weighted by Gasteiger charge is -2.38. The first-order valence-electron chi connectivity index (χ1n) is 8.71. The van der Waals surface area contributed by atoms with Crippen molar-refractivity contribution in [3.63, 3.8) is 0 Å². The molecule has 0 aliphatic carbocycles. The standard InChI is InChI=1S/C19H22ClNO5/c1-12-4-3-5-13(2)21(12)17(22)10-24-18(23)7-6-14-8-15(20)19-16(9-14)25-11-26-19/h6-9,12-13H,3-5,10-11H2,1-2H3/b7-6+/t12-,13+. The molecule has 0 saturated carbocycles. The molecule has 0 radical (unpaired) electrons. The van der Waals surface area contributed by atoms with E-state index in [0.717, 1.165) is 19.3 Å². The van der Waals surface area contributed by atoms with Gasteiger partial charge >= 0.3 is 5.97 Å². The predicted molar refractivity (Wildman–Crippen MR) is 97.2 cm³/mol. The first-order chi connectivity index (χ1) is 12.5. The summed E-state index contributed by atoms with van der Waals surface area (Å²) in [5, 5.41) is 0.413. The first kappa shape index (κ1) is 18.6. The highest BCUT2D eigenvalue weighted by atomic mass is 35.5. The zero-order valence-corrected chi connectivity index (χ0v) is 15.6. The average Bonchev–Trinajstić information content (AvgIpc) is 3.07. The van der Waals surface area contributed by atoms with Crippen LogP contribution >= 0.6 is 11.6 Å². The van der Waals surface area contributed by atoms with Gasteiger partial charge in [-0.05, 0) is 56.9 Å². The molecule has 0 N–H and O–H groups in total. The normalized spacial score (nSPS) is 21.9. The molecule has 0 spiro atoms. The van der Waals surface area contributed by atoms with E-state index < -0.39 is 5.97 Å². The Morgan fingerprint density at radius 3 is 2.73 bits per heavy atom. The van der Waals surface area contributed by atoms with Crippen LogP contribution in [0.2, 0.25) is 5.02 Å². The van der Waals surface area contributed by atoms with E-state index in [0.29, 0.717) is 22.1 Å². The second-order valence-corrected chi connectivity index (χ2v) is 7.01. The summed E-state index contributed by atoms with van der Waals surface area (Å²) in [6, 6.07) is 3.74. The Morgan fingerprint density at radius 1 is 1.27 bits per heavy atom. The van der Waals surface area contributed by atoms with Crippen LogP contribution in [-0.4, -0.2) is 42.3 Å². The molecule has 6 nitrogen and oxygen atoms in total. The molecule has 2 heterocycles. The van der Waals surface area contributed by atoms with Crippen molar-refractivity contribution in [1.82, 2.24) is 4.90 Å². The Kier molecular flexibility index (Phi) is 5.71. The number of amides is 1. The Bertz CT molecular complexity index is 723. The number of carbonyl (C=O) groups excluding carboxylic acids is 2. The number of benzene rings is 1. The van der Waals surface area contributed by atoms with E-state index in [1.807, 2.05) is 18.7 Å². The molecule has 0 unspecified atom stereocenters. The minimum Gasteiger partial charge on any atom is -0.454 e. The van der Waals surface area contributed by atoms with Gasteiger partial charge in [0.15, 0.2) is 18.1 Å². The van der Waals surface area contributed by atoms with Crippen LogP contribution in [0.4, 0.5) is 0 Å². The molecule has 140 valence electrons. The molecule has 3 rings (SSSR count). The number of likely N-dealkylation sites (tertiary alicyclic amines) is 1. The van der Waals surface area contributed by atoms with Gasteiger partial charge in [0.1, 0.15) is 0 Å². The van der Waals surface area contributed by atoms with Gasteiger partial charge in [0.25, 0.3) is 5.91 Å². The summed E-state index contributed by atoms with van der Waals surface area (Å²) in [6.07, 6.45) is 5.91. The number of ether oxygens (including phenoxy) is 3. The van der Waals surface area contributed by atoms with Crippen molar-refractivity contribution >= 4 is 29.6 Å². The van der Waals surface area contributed by atoms with Gasteiger partial charge in [0.05, 0.1) is 5.02 Å². The van der Waals surface area contributed by atoms with Gasteiger partial charge in [0, 0.05) is 18.2 Å². The highest BCUT2D eigenvalue weighted by Crippen LogP contribution is 2.40. The van der Waals surface area contributed by atoms with E-state index in [9.17, 15) is 9.59 Å². The molecule has 1 saturated heterocycles. The maximum Gasteiger partial charge on any atom is 0.331 e. The predicted octanol–water partition coefficient (Wildman–Crippen LogP) is 3.41. The third kappa shape index (κ3) is 4.12. The van der Waals surface area contributed by atoms with E-state index in [-0.39, 0.29) is 31.4 Å². The molecule has 1 fully saturated rings. The van der Waals surface area contributed by atoms with Gasteiger partial charge in [-0.2, -0.15) is 0 Å². The van der Waals surface area contributed by atoms with Gasteiger partial charge < -0.3 is 19.1 Å². The summed E-state index contributed by atoms with van der Waals surface area (Å²) in [5.41, 5.74) is 0.681. The monoisotopic (exact) mass is 379 g/mol. The maximum absolute atomic E-state index is 12.3. The zero-order valence-electron chi connectivity index (χ0n) is 14.9. The first-order valence-corrected chi connectivity index (χ1v) is 9.08. The van der Waals surface area contributed by atoms with Crippen LogP contribution in [0, 0.1) is 0 Å². The molecule has 2 aliphatic rings. The molecule has 0 bridgehead atoms. The molecule has 1 aromatic carbocycles. The van der Waals surface area contributed by atoms with E-state index in [4.69, 9.17) is 25.8 Å². The Balaban J connectivity index is 1.55. The number of piperidine rings is 1. The molecule has 26 heavy (non-hydrogen) atoms. The Hall–Kier alpha value is -2.21. The Morgan fingerprint density at radius 2 is 2.00 bits per heavy atom. The summed E-state index contributed by atoms with van der Waals surface area (Å²) < 4.78 is 15.6. The minimum atomic E-state index is -0.579. The largest absolute Gasteiger partial charge is 0.454 e. The van der Waals surface area contributed by atoms with Crippen LogP contribution in [0.25, 0.3) is 6.08 Å². The highest BCUT2D eigenvalue weighted by molar-refractivity contribution is 6.32. The molecule has 2 aliphatic heterocycles. The summed E-state index contributed by atoms with van der Waals surface area (Å²) in [6.45, 7) is 3.93. The number of fused-ring (bicyclic) bond motifs is 1. The molecular weight excluding hydrogens is 358 g/mol. The summed E-state index contributed by atoms with van der Waals surface area (Å²) in [5.74, 6) is 0.303. The molecule has 0 aromatic heterocycles. The number of hydrogen-bond acceptors (Lipinski definition) is 5. The van der Waals surface area contributed by atoms with Gasteiger partial charge in [-0.25, -0.2) is 4.79 Å². The number of hydrogen-bond donors (Lipinski definition) is 0. The fraction of sp³-hybridized carbons (Fsp3) is 0.474. The topological polar surface area (TPSA) is 65.1 Å². The number of nitrogens with zero attached hydrogens (tertiary/aromatic N) is 1. The molecule has 1 amide bonds. The third-order valence-electron chi connectivity index (χ3n) is 4.68. The lowest BCUT2D eigenvalue weighted by atomic mass is 9.97. The maximum atomic E-state index is 12.3. The van der Waals surface area contributed by atoms with Crippen molar-refractivity contribution in [1.29, 1.82) is 0 Å². The summed E-state index contributed by atoms with van der Waals surface area (Å²) >= 11 is 6.10. The fourth-order valence-electron chi connectivity index (χ4n) is 3.42. The second kappa shape index (κ2) is 7.99. The van der Waals surface area contributed by atoms with Crippen molar-refractivity contribution in [3.05, 3.63) is 28.8 Å². The minimum absolute atomic E-state index is 0.125. The molecule has 1 aromatic rings.